The molecule has 0 aromatic carbocycles. The lowest BCUT2D eigenvalue weighted by Gasteiger charge is -2.30. The van der Waals surface area contributed by atoms with E-state index in [0.29, 0.717) is 6.54 Å². The van der Waals surface area contributed by atoms with Crippen molar-refractivity contribution in [1.29, 1.82) is 0 Å². The molecule has 0 bridgehead atoms. The van der Waals surface area contributed by atoms with Gasteiger partial charge in [-0.2, -0.15) is 13.2 Å². The molecule has 0 amide bonds. The van der Waals surface area contributed by atoms with Crippen LogP contribution in [0.15, 0.2) is 22.2 Å². The second kappa shape index (κ2) is 7.18. The molecule has 1 saturated carbocycles. The molecular formula is C17H22F3N5O2S. The van der Waals surface area contributed by atoms with Gasteiger partial charge in [0.05, 0.1) is 30.4 Å². The zero-order chi connectivity index (χ0) is 19.9. The van der Waals surface area contributed by atoms with Crippen LogP contribution in [0.3, 0.4) is 0 Å². The summed E-state index contributed by atoms with van der Waals surface area (Å²) in [6, 6.07) is 2.08. The Morgan fingerprint density at radius 1 is 1.32 bits per heavy atom. The van der Waals surface area contributed by atoms with Gasteiger partial charge >= 0.3 is 6.18 Å². The normalized spacial score (nSPS) is 27.0. The Morgan fingerprint density at radius 2 is 2.14 bits per heavy atom. The number of alkyl halides is 3. The summed E-state index contributed by atoms with van der Waals surface area (Å²) in [6.07, 6.45) is 0.388. The first kappa shape index (κ1) is 19.4. The fourth-order valence-electron chi connectivity index (χ4n) is 4.13. The summed E-state index contributed by atoms with van der Waals surface area (Å²) < 4.78 is 62.7. The highest BCUT2D eigenvalue weighted by Gasteiger charge is 2.39. The second-order valence-electron chi connectivity index (χ2n) is 7.53. The molecule has 154 valence electrons. The van der Waals surface area contributed by atoms with Crippen LogP contribution >= 0.6 is 0 Å². The van der Waals surface area contributed by atoms with Crippen molar-refractivity contribution in [2.24, 2.45) is 21.8 Å². The van der Waals surface area contributed by atoms with E-state index < -0.39 is 28.4 Å². The third kappa shape index (κ3) is 4.09. The van der Waals surface area contributed by atoms with Gasteiger partial charge in [-0.1, -0.05) is 0 Å². The first-order valence-corrected chi connectivity index (χ1v) is 11.0. The van der Waals surface area contributed by atoms with E-state index in [9.17, 15) is 21.6 Å². The maximum Gasteiger partial charge on any atom is 0.390 e. The molecule has 7 nitrogen and oxygen atoms in total. The fourth-order valence-corrected chi connectivity index (χ4v) is 5.26. The van der Waals surface area contributed by atoms with Gasteiger partial charge in [0.1, 0.15) is 5.84 Å². The highest BCUT2D eigenvalue weighted by atomic mass is 32.2. The minimum atomic E-state index is -4.47. The van der Waals surface area contributed by atoms with Gasteiger partial charge in [0.15, 0.2) is 5.82 Å². The van der Waals surface area contributed by atoms with Crippen molar-refractivity contribution in [1.82, 2.24) is 9.71 Å². The minimum Gasteiger partial charge on any atom is -0.345 e. The number of aromatic nitrogens is 1. The molecule has 11 heteroatoms. The number of H-pyrrole nitrogens is 1. The lowest BCUT2D eigenvalue weighted by molar-refractivity contribution is -0.129. The molecule has 1 aromatic rings. The van der Waals surface area contributed by atoms with Gasteiger partial charge in [-0.05, 0) is 31.2 Å². The molecule has 0 saturated heterocycles. The Bertz CT molecular complexity index is 893. The van der Waals surface area contributed by atoms with Crippen LogP contribution in [0.1, 0.15) is 25.7 Å². The minimum absolute atomic E-state index is 0.0940. The first-order chi connectivity index (χ1) is 13.2. The van der Waals surface area contributed by atoms with Crippen molar-refractivity contribution < 1.29 is 21.6 Å². The summed E-state index contributed by atoms with van der Waals surface area (Å²) in [5.41, 5.74) is 1.00. The number of aliphatic imine (C=N–C) groups is 2. The summed E-state index contributed by atoms with van der Waals surface area (Å²) in [7, 11) is -3.92. The predicted octanol–water partition coefficient (Wildman–Crippen LogP) is 2.61. The molecule has 2 aliphatic heterocycles. The predicted molar refractivity (Wildman–Crippen MR) is 101 cm³/mol. The number of anilines is 1. The Labute approximate surface area is 161 Å². The SMILES string of the molecule is O=S(=O)(CCC(F)(F)F)NC[C@H]1CC[C@H](C2=NCC3C=Nc4[nH]ccc4N23)C1. The third-order valence-electron chi connectivity index (χ3n) is 5.51. The molecule has 3 aliphatic rings. The van der Waals surface area contributed by atoms with E-state index in [1.807, 2.05) is 18.5 Å². The Morgan fingerprint density at radius 3 is 2.93 bits per heavy atom. The van der Waals surface area contributed by atoms with Crippen molar-refractivity contribution in [2.75, 3.05) is 23.7 Å². The first-order valence-electron chi connectivity index (χ1n) is 9.31. The van der Waals surface area contributed by atoms with Crippen molar-refractivity contribution >= 4 is 33.6 Å². The number of hydrogen-bond donors (Lipinski definition) is 2. The Kier molecular flexibility index (Phi) is 4.98. The second-order valence-corrected chi connectivity index (χ2v) is 9.46. The van der Waals surface area contributed by atoms with Crippen molar-refractivity contribution in [3.8, 4) is 0 Å². The van der Waals surface area contributed by atoms with Crippen LogP contribution in [0.2, 0.25) is 0 Å². The van der Waals surface area contributed by atoms with Crippen LogP contribution in [-0.4, -0.2) is 56.5 Å². The highest BCUT2D eigenvalue weighted by Crippen LogP contribution is 2.40. The van der Waals surface area contributed by atoms with E-state index in [1.54, 1.807) is 0 Å². The molecule has 1 unspecified atom stereocenters. The summed E-state index contributed by atoms with van der Waals surface area (Å²) in [5, 5.41) is 0. The topological polar surface area (TPSA) is 89.9 Å². The van der Waals surface area contributed by atoms with E-state index in [4.69, 9.17) is 4.99 Å². The number of rotatable bonds is 6. The zero-order valence-corrected chi connectivity index (χ0v) is 15.9. The van der Waals surface area contributed by atoms with Crippen LogP contribution in [0, 0.1) is 11.8 Å². The van der Waals surface area contributed by atoms with Crippen LogP contribution in [0.5, 0.6) is 0 Å². The van der Waals surface area contributed by atoms with Gasteiger partial charge in [0.25, 0.3) is 0 Å². The van der Waals surface area contributed by atoms with Crippen molar-refractivity contribution in [3.63, 3.8) is 0 Å². The monoisotopic (exact) mass is 417 g/mol. The Balaban J connectivity index is 1.33. The molecule has 3 atom stereocenters. The van der Waals surface area contributed by atoms with E-state index in [0.717, 1.165) is 36.6 Å². The van der Waals surface area contributed by atoms with E-state index >= 15 is 0 Å². The van der Waals surface area contributed by atoms with Gasteiger partial charge in [-0.15, -0.1) is 0 Å². The quantitative estimate of drug-likeness (QED) is 0.746. The number of aromatic amines is 1. The molecule has 2 N–H and O–H groups in total. The summed E-state index contributed by atoms with van der Waals surface area (Å²) in [4.78, 5) is 14.4. The smallest absolute Gasteiger partial charge is 0.345 e. The average molecular weight is 417 g/mol. The number of amidine groups is 1. The standard InChI is InChI=1S/C17H22F3N5O2S/c18-17(19,20)4-6-28(26,27)24-8-11-1-2-12(7-11)16-23-10-13-9-22-15-14(25(13)16)3-5-21-15/h3,5,9,11-13,21,24H,1-2,4,6-8,10H2/t11-,12-,13?/m0/s1. The number of fused-ring (bicyclic) bond motifs is 3. The number of nitrogens with zero attached hydrogens (tertiary/aromatic N) is 3. The summed E-state index contributed by atoms with van der Waals surface area (Å²) >= 11 is 0. The zero-order valence-electron chi connectivity index (χ0n) is 15.1. The number of sulfonamides is 1. The lowest BCUT2D eigenvalue weighted by atomic mass is 10.0. The van der Waals surface area contributed by atoms with Gasteiger partial charge in [-0.25, -0.2) is 18.1 Å². The Hall–Kier alpha value is -1.88. The average Bonchev–Trinajstić information content (AvgIpc) is 3.34. The van der Waals surface area contributed by atoms with Gasteiger partial charge in [0, 0.05) is 24.9 Å². The van der Waals surface area contributed by atoms with Crippen LogP contribution in [0.25, 0.3) is 0 Å². The van der Waals surface area contributed by atoms with Gasteiger partial charge in [-0.3, -0.25) is 4.99 Å². The van der Waals surface area contributed by atoms with E-state index in [-0.39, 0.29) is 24.4 Å². The molecule has 4 rings (SSSR count). The van der Waals surface area contributed by atoms with Crippen LogP contribution in [0.4, 0.5) is 24.7 Å². The number of nitrogens with one attached hydrogen (secondary N) is 2. The highest BCUT2D eigenvalue weighted by molar-refractivity contribution is 7.89. The van der Waals surface area contributed by atoms with Gasteiger partial charge in [0.2, 0.25) is 10.0 Å². The molecule has 1 fully saturated rings. The van der Waals surface area contributed by atoms with Crippen molar-refractivity contribution in [2.45, 2.75) is 37.9 Å². The van der Waals surface area contributed by atoms with E-state index in [1.165, 1.54) is 0 Å². The molecule has 1 aliphatic carbocycles. The molecule has 28 heavy (non-hydrogen) atoms. The third-order valence-corrected chi connectivity index (χ3v) is 6.86. The molecular weight excluding hydrogens is 395 g/mol. The maximum atomic E-state index is 12.2. The van der Waals surface area contributed by atoms with Crippen LogP contribution in [-0.2, 0) is 10.0 Å². The molecule has 0 radical (unpaired) electrons. The largest absolute Gasteiger partial charge is 0.390 e. The number of halogens is 3. The summed E-state index contributed by atoms with van der Waals surface area (Å²) in [6.45, 7) is 0.818. The molecule has 1 aromatic heterocycles. The molecule has 3 heterocycles. The lowest BCUT2D eigenvalue weighted by Crippen LogP contribution is -2.41. The fraction of sp³-hybridized carbons (Fsp3) is 0.647. The number of hydrogen-bond acceptors (Lipinski definition) is 5. The maximum absolute atomic E-state index is 12.2. The van der Waals surface area contributed by atoms with Gasteiger partial charge < -0.3 is 9.88 Å². The summed E-state index contributed by atoms with van der Waals surface area (Å²) in [5.74, 6) is 1.18. The molecule has 0 spiro atoms. The van der Waals surface area contributed by atoms with Crippen molar-refractivity contribution in [3.05, 3.63) is 12.3 Å². The van der Waals surface area contributed by atoms with Crippen LogP contribution < -0.4 is 9.62 Å². The van der Waals surface area contributed by atoms with E-state index in [2.05, 4.69) is 19.6 Å².